The molecule has 2 rings (SSSR count). The SMILES string of the molecule is COC(=O)c1ccc(C(C)(F)F)c(Oc2ccncc2)n1. The minimum absolute atomic E-state index is 0.116. The maximum atomic E-state index is 13.6. The van der Waals surface area contributed by atoms with E-state index in [1.54, 1.807) is 0 Å². The first-order valence-corrected chi connectivity index (χ1v) is 5.97. The summed E-state index contributed by atoms with van der Waals surface area (Å²) in [6.45, 7) is 0.723. The number of nitrogens with zero attached hydrogens (tertiary/aromatic N) is 2. The second kappa shape index (κ2) is 5.82. The van der Waals surface area contributed by atoms with Crippen molar-refractivity contribution in [2.75, 3.05) is 7.11 Å². The van der Waals surface area contributed by atoms with E-state index in [-0.39, 0.29) is 17.3 Å². The van der Waals surface area contributed by atoms with E-state index in [0.29, 0.717) is 0 Å². The molecule has 0 bridgehead atoms. The second-order valence-corrected chi connectivity index (χ2v) is 4.21. The average molecular weight is 294 g/mol. The molecule has 0 aliphatic rings. The summed E-state index contributed by atoms with van der Waals surface area (Å²) in [5.41, 5.74) is -0.540. The van der Waals surface area contributed by atoms with Crippen LogP contribution in [0.5, 0.6) is 11.6 Å². The number of aromatic nitrogens is 2. The van der Waals surface area contributed by atoms with Gasteiger partial charge in [-0.3, -0.25) is 4.98 Å². The van der Waals surface area contributed by atoms with Crippen LogP contribution in [0.3, 0.4) is 0 Å². The van der Waals surface area contributed by atoms with Crippen LogP contribution in [0, 0.1) is 0 Å². The second-order valence-electron chi connectivity index (χ2n) is 4.21. The van der Waals surface area contributed by atoms with Gasteiger partial charge in [0, 0.05) is 19.3 Å². The Morgan fingerprint density at radius 2 is 1.86 bits per heavy atom. The molecule has 110 valence electrons. The molecule has 0 aliphatic carbocycles. The molecule has 2 heterocycles. The molecule has 0 N–H and O–H groups in total. The third-order valence-corrected chi connectivity index (χ3v) is 2.59. The van der Waals surface area contributed by atoms with Crippen LogP contribution in [0.25, 0.3) is 0 Å². The highest BCUT2D eigenvalue weighted by Crippen LogP contribution is 2.35. The Morgan fingerprint density at radius 3 is 2.43 bits per heavy atom. The highest BCUT2D eigenvalue weighted by atomic mass is 19.3. The molecular weight excluding hydrogens is 282 g/mol. The summed E-state index contributed by atoms with van der Waals surface area (Å²) >= 11 is 0. The molecular formula is C14H12F2N2O3. The van der Waals surface area contributed by atoms with Gasteiger partial charge >= 0.3 is 5.97 Å². The predicted molar refractivity (Wildman–Crippen MR) is 69.5 cm³/mol. The molecule has 0 unspecified atom stereocenters. The van der Waals surface area contributed by atoms with Gasteiger partial charge in [-0.2, -0.15) is 0 Å². The van der Waals surface area contributed by atoms with Gasteiger partial charge in [0.1, 0.15) is 5.75 Å². The van der Waals surface area contributed by atoms with Crippen molar-refractivity contribution in [3.8, 4) is 11.6 Å². The summed E-state index contributed by atoms with van der Waals surface area (Å²) < 4.78 is 37.0. The van der Waals surface area contributed by atoms with Crippen LogP contribution in [-0.4, -0.2) is 23.0 Å². The first kappa shape index (κ1) is 14.8. The molecule has 0 fully saturated rings. The van der Waals surface area contributed by atoms with Crippen LogP contribution in [-0.2, 0) is 10.7 Å². The number of rotatable bonds is 4. The van der Waals surface area contributed by atoms with Crippen LogP contribution in [0.2, 0.25) is 0 Å². The van der Waals surface area contributed by atoms with E-state index in [9.17, 15) is 13.6 Å². The van der Waals surface area contributed by atoms with Crippen LogP contribution < -0.4 is 4.74 Å². The molecule has 2 aromatic rings. The highest BCUT2D eigenvalue weighted by molar-refractivity contribution is 5.87. The molecule has 0 saturated heterocycles. The molecule has 0 amide bonds. The summed E-state index contributed by atoms with van der Waals surface area (Å²) in [5.74, 6) is -3.97. The number of alkyl halides is 2. The Hall–Kier alpha value is -2.57. The normalized spacial score (nSPS) is 11.0. The largest absolute Gasteiger partial charge is 0.464 e. The van der Waals surface area contributed by atoms with Gasteiger partial charge in [-0.05, 0) is 24.3 Å². The quantitative estimate of drug-likeness (QED) is 0.810. The predicted octanol–water partition coefficient (Wildman–Crippen LogP) is 3.17. The monoisotopic (exact) mass is 294 g/mol. The van der Waals surface area contributed by atoms with Crippen molar-refractivity contribution in [1.82, 2.24) is 9.97 Å². The zero-order chi connectivity index (χ0) is 15.5. The van der Waals surface area contributed by atoms with Crippen LogP contribution >= 0.6 is 0 Å². The van der Waals surface area contributed by atoms with E-state index < -0.39 is 17.5 Å². The molecule has 0 saturated carbocycles. The molecule has 7 heteroatoms. The molecule has 21 heavy (non-hydrogen) atoms. The summed E-state index contributed by atoms with van der Waals surface area (Å²) in [4.78, 5) is 19.0. The van der Waals surface area contributed by atoms with Crippen molar-refractivity contribution in [3.63, 3.8) is 0 Å². The topological polar surface area (TPSA) is 61.3 Å². The lowest BCUT2D eigenvalue weighted by molar-refractivity contribution is 0.0147. The Kier molecular flexibility index (Phi) is 4.11. The van der Waals surface area contributed by atoms with Crippen molar-refractivity contribution >= 4 is 5.97 Å². The third kappa shape index (κ3) is 3.50. The number of pyridine rings is 2. The van der Waals surface area contributed by atoms with Gasteiger partial charge in [-0.15, -0.1) is 0 Å². The summed E-state index contributed by atoms with van der Waals surface area (Å²) in [6.07, 6.45) is 2.90. The zero-order valence-electron chi connectivity index (χ0n) is 11.3. The number of esters is 1. The Labute approximate surface area is 119 Å². The summed E-state index contributed by atoms with van der Waals surface area (Å²) in [6, 6.07) is 5.24. The minimum atomic E-state index is -3.16. The Balaban J connectivity index is 2.46. The van der Waals surface area contributed by atoms with E-state index in [2.05, 4.69) is 14.7 Å². The lowest BCUT2D eigenvalue weighted by atomic mass is 10.1. The number of methoxy groups -OCH3 is 1. The molecule has 5 nitrogen and oxygen atoms in total. The van der Waals surface area contributed by atoms with Crippen LogP contribution in [0.15, 0.2) is 36.7 Å². The van der Waals surface area contributed by atoms with Crippen molar-refractivity contribution < 1.29 is 23.0 Å². The number of carbonyl (C=O) groups excluding carboxylic acids is 1. The maximum absolute atomic E-state index is 13.6. The zero-order valence-corrected chi connectivity index (χ0v) is 11.3. The third-order valence-electron chi connectivity index (χ3n) is 2.59. The number of carbonyl (C=O) groups is 1. The van der Waals surface area contributed by atoms with E-state index in [4.69, 9.17) is 4.74 Å². The van der Waals surface area contributed by atoms with Crippen molar-refractivity contribution in [3.05, 3.63) is 47.9 Å². The summed E-state index contributed by atoms with van der Waals surface area (Å²) in [7, 11) is 1.18. The van der Waals surface area contributed by atoms with E-state index >= 15 is 0 Å². The van der Waals surface area contributed by atoms with E-state index in [1.165, 1.54) is 31.6 Å². The fourth-order valence-electron chi connectivity index (χ4n) is 1.59. The van der Waals surface area contributed by atoms with E-state index in [1.807, 2.05) is 0 Å². The average Bonchev–Trinajstić information content (AvgIpc) is 2.46. The van der Waals surface area contributed by atoms with Crippen LogP contribution in [0.1, 0.15) is 23.0 Å². The van der Waals surface area contributed by atoms with Gasteiger partial charge in [-0.1, -0.05) is 0 Å². The van der Waals surface area contributed by atoms with Gasteiger partial charge < -0.3 is 9.47 Å². The molecule has 0 radical (unpaired) electrons. The summed E-state index contributed by atoms with van der Waals surface area (Å²) in [5, 5.41) is 0. The van der Waals surface area contributed by atoms with Gasteiger partial charge in [0.15, 0.2) is 5.69 Å². The molecule has 2 aromatic heterocycles. The minimum Gasteiger partial charge on any atom is -0.464 e. The van der Waals surface area contributed by atoms with Gasteiger partial charge in [0.25, 0.3) is 5.92 Å². The first-order chi connectivity index (χ1) is 9.91. The fraction of sp³-hybridized carbons (Fsp3) is 0.214. The number of halogens is 2. The van der Waals surface area contributed by atoms with Crippen molar-refractivity contribution in [2.45, 2.75) is 12.8 Å². The smallest absolute Gasteiger partial charge is 0.356 e. The van der Waals surface area contributed by atoms with Crippen LogP contribution in [0.4, 0.5) is 8.78 Å². The first-order valence-electron chi connectivity index (χ1n) is 5.97. The maximum Gasteiger partial charge on any atom is 0.356 e. The van der Waals surface area contributed by atoms with Crippen molar-refractivity contribution in [1.29, 1.82) is 0 Å². The van der Waals surface area contributed by atoms with Gasteiger partial charge in [0.2, 0.25) is 5.88 Å². The number of hydrogen-bond acceptors (Lipinski definition) is 5. The Morgan fingerprint density at radius 1 is 1.19 bits per heavy atom. The van der Waals surface area contributed by atoms with Gasteiger partial charge in [0.05, 0.1) is 12.7 Å². The lowest BCUT2D eigenvalue weighted by Crippen LogP contribution is -2.13. The lowest BCUT2D eigenvalue weighted by Gasteiger charge is -2.15. The van der Waals surface area contributed by atoms with Gasteiger partial charge in [-0.25, -0.2) is 18.6 Å². The Bertz CT molecular complexity index is 642. The molecule has 0 atom stereocenters. The molecule has 0 spiro atoms. The number of hydrogen-bond donors (Lipinski definition) is 0. The fourth-order valence-corrected chi connectivity index (χ4v) is 1.59. The van der Waals surface area contributed by atoms with Crippen molar-refractivity contribution in [2.24, 2.45) is 0 Å². The number of ether oxygens (including phenoxy) is 2. The molecule has 0 aliphatic heterocycles. The van der Waals surface area contributed by atoms with E-state index in [0.717, 1.165) is 19.1 Å². The standard InChI is InChI=1S/C14H12F2N2O3/c1-14(15,16)10-3-4-11(13(19)20-2)18-12(10)21-9-5-7-17-8-6-9/h3-8H,1-2H3. The highest BCUT2D eigenvalue weighted by Gasteiger charge is 2.30. The molecule has 0 aromatic carbocycles.